The van der Waals surface area contributed by atoms with Crippen LogP contribution in [-0.2, 0) is 49.0 Å². The zero-order chi connectivity index (χ0) is 73.8. The van der Waals surface area contributed by atoms with Crippen molar-refractivity contribution in [2.45, 2.75) is 121 Å². The summed E-state index contributed by atoms with van der Waals surface area (Å²) in [5, 5.41) is 27.5. The molecule has 0 radical (unpaired) electrons. The number of hydrogen-bond acceptors (Lipinski definition) is 17. The number of ether oxygens (including phenoxy) is 3. The summed E-state index contributed by atoms with van der Waals surface area (Å²) in [7, 11) is 6.25. The Labute approximate surface area is 659 Å². The molecule has 9 N–H and O–H groups in total. The number of nitrogens with zero attached hydrogens (tertiary/aromatic N) is 8. The van der Waals surface area contributed by atoms with Gasteiger partial charge in [0.15, 0.2) is 0 Å². The number of benzene rings is 4. The first-order valence-electron chi connectivity index (χ1n) is 34.7. The molecule has 28 heteroatoms. The number of aromatic amines is 2. The van der Waals surface area contributed by atoms with Gasteiger partial charge in [-0.15, -0.1) is 24.8 Å². The van der Waals surface area contributed by atoms with Gasteiger partial charge in [-0.3, -0.25) is 9.59 Å². The molecule has 0 aliphatic carbocycles. The molecule has 0 bridgehead atoms. The van der Waals surface area contributed by atoms with Crippen LogP contribution in [0.2, 0.25) is 25.2 Å². The molecule has 104 heavy (non-hydrogen) atoms. The maximum absolute atomic E-state index is 12.2. The van der Waals surface area contributed by atoms with Gasteiger partial charge in [0.25, 0.3) is 0 Å². The van der Waals surface area contributed by atoms with Crippen molar-refractivity contribution in [3.8, 4) is 0 Å². The van der Waals surface area contributed by atoms with Crippen LogP contribution in [0.15, 0.2) is 134 Å². The highest BCUT2D eigenvalue weighted by Crippen LogP contribution is 2.34. The van der Waals surface area contributed by atoms with E-state index in [2.05, 4.69) is 91.8 Å². The van der Waals surface area contributed by atoms with Gasteiger partial charge in [0, 0.05) is 68.6 Å². The van der Waals surface area contributed by atoms with Crippen LogP contribution in [0.25, 0.3) is 22.1 Å². The minimum Gasteiger partial charge on any atom is -0.481 e. The van der Waals surface area contributed by atoms with E-state index in [0.717, 1.165) is 195 Å². The molecule has 5 aliphatic heterocycles. The molecule has 0 amide bonds. The number of H-pyrrole nitrogens is 2. The number of carboxylic acid groups (broad SMARTS) is 1. The lowest BCUT2D eigenvalue weighted by molar-refractivity contribution is -0.159. The Morgan fingerprint density at radius 3 is 1.32 bits per heavy atom. The number of esters is 1. The predicted octanol–water partition coefficient (Wildman–Crippen LogP) is 15.4. The third-order valence-electron chi connectivity index (χ3n) is 19.6. The second kappa shape index (κ2) is 44.5. The SMILES string of the molecule is CN1CCC(C)(C(=O)O)CC1.CN1CCC(C)(C(=O)OCc2ccc(Cl)cc2)CC1.CN1CCC(C)(CO)CC1.Cl.Cl.Clc1ccc(CBr)cc1.Clc1ncnc2[nH]ccc12.NC1(COCc2ccc(Cl)cc2)CCN(c2ncnc3[nH]ccc23)CC1.NC1(COCc2ccc(Cl)cc2)CCNCC1. The number of hydrogen-bond donors (Lipinski definition) is 7. The lowest BCUT2D eigenvalue weighted by Gasteiger charge is -2.39. The molecule has 4 aromatic heterocycles. The van der Waals surface area contributed by atoms with Crippen molar-refractivity contribution in [3.63, 3.8) is 0 Å². The third-order valence-corrected chi connectivity index (χ3v) is 21.5. The van der Waals surface area contributed by atoms with E-state index in [1.54, 1.807) is 12.5 Å². The normalized spacial score (nSPS) is 17.9. The molecule has 0 atom stereocenters. The van der Waals surface area contributed by atoms with Crippen LogP contribution in [0.3, 0.4) is 0 Å². The number of aliphatic hydroxyl groups is 1. The number of anilines is 1. The fraction of sp³-hybridized carbons (Fsp3) is 0.500. The maximum Gasteiger partial charge on any atom is 0.312 e. The van der Waals surface area contributed by atoms with Gasteiger partial charge in [0.1, 0.15) is 41.5 Å². The Kier molecular flexibility index (Phi) is 38.3. The van der Waals surface area contributed by atoms with Gasteiger partial charge in [-0.2, -0.15) is 0 Å². The summed E-state index contributed by atoms with van der Waals surface area (Å²) >= 11 is 32.3. The molecule has 0 saturated carbocycles. The van der Waals surface area contributed by atoms with Gasteiger partial charge in [0.2, 0.25) is 0 Å². The Hall–Kier alpha value is -4.99. The van der Waals surface area contributed by atoms with E-state index >= 15 is 0 Å². The highest BCUT2D eigenvalue weighted by molar-refractivity contribution is 9.08. The minimum atomic E-state index is -0.648. The number of carbonyl (C=O) groups excluding carboxylic acids is 1. The summed E-state index contributed by atoms with van der Waals surface area (Å²) < 4.78 is 17.0. The highest BCUT2D eigenvalue weighted by atomic mass is 79.9. The van der Waals surface area contributed by atoms with Crippen LogP contribution in [0.5, 0.6) is 0 Å². The number of piperidine rings is 5. The number of likely N-dealkylation sites (tertiary alicyclic amines) is 3. The molecule has 0 spiro atoms. The average molecular weight is 1640 g/mol. The summed E-state index contributed by atoms with van der Waals surface area (Å²) in [5.74, 6) is 0.238. The van der Waals surface area contributed by atoms with Crippen molar-refractivity contribution < 1.29 is 34.0 Å². The van der Waals surface area contributed by atoms with Crippen LogP contribution in [0.4, 0.5) is 5.82 Å². The molecule has 572 valence electrons. The van der Waals surface area contributed by atoms with Crippen molar-refractivity contribution in [1.29, 1.82) is 0 Å². The zero-order valence-corrected chi connectivity index (χ0v) is 67.5. The van der Waals surface area contributed by atoms with Crippen molar-refractivity contribution in [1.82, 2.24) is 49.9 Å². The van der Waals surface area contributed by atoms with E-state index in [1.165, 1.54) is 11.9 Å². The molecule has 9 heterocycles. The first-order chi connectivity index (χ1) is 48.7. The van der Waals surface area contributed by atoms with Crippen molar-refractivity contribution in [3.05, 3.63) is 182 Å². The summed E-state index contributed by atoms with van der Waals surface area (Å²) in [4.78, 5) is 54.5. The molecular formula is C76H105BrCl7N13O7. The Morgan fingerprint density at radius 1 is 0.510 bits per heavy atom. The second-order valence-electron chi connectivity index (χ2n) is 28.3. The van der Waals surface area contributed by atoms with Crippen LogP contribution >= 0.6 is 98.7 Å². The third kappa shape index (κ3) is 29.9. The smallest absolute Gasteiger partial charge is 0.312 e. The summed E-state index contributed by atoms with van der Waals surface area (Å²) in [6.07, 6.45) is 16.0. The van der Waals surface area contributed by atoms with E-state index in [1.807, 2.05) is 136 Å². The number of aliphatic carboxylic acids is 1. The second-order valence-corrected chi connectivity index (χ2v) is 31.0. The van der Waals surface area contributed by atoms with E-state index < -0.39 is 11.4 Å². The number of nitrogens with two attached hydrogens (primary N) is 2. The lowest BCUT2D eigenvalue weighted by atomic mass is 9.80. The first kappa shape index (κ1) is 89.6. The fourth-order valence-corrected chi connectivity index (χ4v) is 12.7. The van der Waals surface area contributed by atoms with Crippen molar-refractivity contribution in [2.24, 2.45) is 27.7 Å². The minimum absolute atomic E-state index is 0. The average Bonchev–Trinajstić information content (AvgIpc) is 1.41. The zero-order valence-electron chi connectivity index (χ0n) is 60.5. The molecule has 5 saturated heterocycles. The van der Waals surface area contributed by atoms with E-state index in [9.17, 15) is 9.59 Å². The number of carboxylic acids is 1. The standard InChI is InChI=1S/C19H22ClN5O.C15H20ClNO2.C13H19ClN2O.C8H15NO2.C8H17NO.C7H6BrCl.C6H4ClN3.2ClH/c20-15-3-1-14(2-4-15)11-26-12-19(21)6-9-25(10-7-19)18-16-5-8-22-17(16)23-13-24-18;1-15(7-9-17(2)10-8-15)14(18)19-11-12-3-5-13(16)6-4-12;14-12-3-1-11(2-4-12)9-17-10-13(15)5-7-16-8-6-13;1-8(7(10)11)3-5-9(2)6-4-8;1-8(7-10)3-5-9(2)6-4-8;8-5-6-1-3-7(9)4-2-6;7-5-4-1-2-8-6(4)10-3-9-5;;/h1-5,8,13H,6-7,9-12,21H2,(H,22,23,24);3-6H,7-11H2,1-2H3;1-4,16H,5-10,15H2;3-6H2,1-2H3,(H,10,11);10H,3-7H2,1-2H3;1-4H,5H2;1-3H,(H,8,9,10);2*1H. The van der Waals surface area contributed by atoms with E-state index in [0.29, 0.717) is 49.8 Å². The van der Waals surface area contributed by atoms with Gasteiger partial charge < -0.3 is 70.8 Å². The van der Waals surface area contributed by atoms with Crippen LogP contribution in [-0.4, -0.2) is 184 Å². The molecule has 20 nitrogen and oxygen atoms in total. The summed E-state index contributed by atoms with van der Waals surface area (Å²) in [5.41, 5.74) is 17.9. The van der Waals surface area contributed by atoms with Crippen molar-refractivity contribution in [2.75, 3.05) is 111 Å². The lowest BCUT2D eigenvalue weighted by Crippen LogP contribution is -2.53. The Balaban J connectivity index is 0.000000225. The number of alkyl halides is 1. The van der Waals surface area contributed by atoms with Crippen molar-refractivity contribution >= 4 is 139 Å². The highest BCUT2D eigenvalue weighted by Gasteiger charge is 2.38. The number of aromatic nitrogens is 6. The molecule has 4 aromatic carbocycles. The molecule has 0 unspecified atom stereocenters. The summed E-state index contributed by atoms with van der Waals surface area (Å²) in [6.45, 7) is 18.7. The predicted molar refractivity (Wildman–Crippen MR) is 431 cm³/mol. The molecular weight excluding hydrogens is 1530 g/mol. The summed E-state index contributed by atoms with van der Waals surface area (Å²) in [6, 6.07) is 34.4. The van der Waals surface area contributed by atoms with Gasteiger partial charge in [-0.1, -0.05) is 129 Å². The van der Waals surface area contributed by atoms with Gasteiger partial charge in [-0.25, -0.2) is 19.9 Å². The molecule has 8 aromatic rings. The van der Waals surface area contributed by atoms with E-state index in [4.69, 9.17) is 93.9 Å². The van der Waals surface area contributed by atoms with Crippen LogP contribution < -0.4 is 21.7 Å². The fourth-order valence-electron chi connectivity index (χ4n) is 11.7. The number of carbonyl (C=O) groups is 2. The number of fused-ring (bicyclic) bond motifs is 2. The van der Waals surface area contributed by atoms with Gasteiger partial charge >= 0.3 is 11.9 Å². The Bertz CT molecular complexity index is 3750. The molecule has 5 fully saturated rings. The van der Waals surface area contributed by atoms with Gasteiger partial charge in [0.05, 0.1) is 48.0 Å². The Morgan fingerprint density at radius 2 is 0.894 bits per heavy atom. The largest absolute Gasteiger partial charge is 0.481 e. The van der Waals surface area contributed by atoms with Gasteiger partial charge in [-0.05, 0) is 240 Å². The first-order valence-corrected chi connectivity index (χ1v) is 37.7. The number of nitrogens with one attached hydrogen (secondary N) is 3. The number of halogens is 8. The van der Waals surface area contributed by atoms with E-state index in [-0.39, 0.29) is 52.7 Å². The van der Waals surface area contributed by atoms with Crippen LogP contribution in [0, 0.1) is 16.2 Å². The topological polar surface area (TPSA) is 262 Å². The number of aliphatic hydroxyl groups excluding tert-OH is 1. The maximum atomic E-state index is 12.2. The number of rotatable bonds is 15. The molecule has 5 aliphatic rings. The quantitative estimate of drug-likeness (QED) is 0.0286. The monoisotopic (exact) mass is 1640 g/mol. The van der Waals surface area contributed by atoms with Crippen LogP contribution in [0.1, 0.15) is 107 Å². The molecule has 13 rings (SSSR count).